The van der Waals surface area contributed by atoms with Crippen LogP contribution >= 0.6 is 0 Å². The van der Waals surface area contributed by atoms with Crippen LogP contribution in [-0.2, 0) is 9.59 Å². The zero-order valence-electron chi connectivity index (χ0n) is 19.2. The summed E-state index contributed by atoms with van der Waals surface area (Å²) in [5, 5.41) is 19.0. The van der Waals surface area contributed by atoms with Gasteiger partial charge in [-0.3, -0.25) is 10.8 Å². The van der Waals surface area contributed by atoms with Crippen molar-refractivity contribution >= 4 is 35.0 Å². The molecule has 0 spiro atoms. The van der Waals surface area contributed by atoms with Crippen molar-refractivity contribution in [3.8, 4) is 11.5 Å². The molecule has 0 bridgehead atoms. The average Bonchev–Trinajstić information content (AvgIpc) is 2.81. The van der Waals surface area contributed by atoms with E-state index in [9.17, 15) is 9.59 Å². The molecule has 0 saturated heterocycles. The predicted octanol–water partition coefficient (Wildman–Crippen LogP) is 2.19. The molecule has 0 saturated carbocycles. The normalized spacial score (nSPS) is 11.1. The Hall–Kier alpha value is -4.34. The van der Waals surface area contributed by atoms with E-state index >= 15 is 0 Å². The number of nitrogens with one attached hydrogen (secondary N) is 4. The zero-order chi connectivity index (χ0) is 25.1. The molecule has 10 nitrogen and oxygen atoms in total. The van der Waals surface area contributed by atoms with Crippen LogP contribution in [0.15, 0.2) is 48.5 Å². The van der Waals surface area contributed by atoms with Crippen LogP contribution < -0.4 is 31.6 Å². The van der Waals surface area contributed by atoms with Crippen molar-refractivity contribution in [2.75, 3.05) is 13.1 Å². The van der Waals surface area contributed by atoms with Crippen LogP contribution in [0.5, 0.6) is 11.5 Å². The minimum absolute atomic E-state index is 0.185. The molecular weight excluding hydrogens is 436 g/mol. The second kappa shape index (κ2) is 12.6. The number of carbonyl (C=O) groups excluding carboxylic acids is 2. The van der Waals surface area contributed by atoms with Crippen molar-refractivity contribution in [3.05, 3.63) is 59.7 Å². The summed E-state index contributed by atoms with van der Waals surface area (Å²) in [7, 11) is 0. The van der Waals surface area contributed by atoms with E-state index in [1.165, 1.54) is 0 Å². The van der Waals surface area contributed by atoms with Crippen LogP contribution in [0.2, 0.25) is 0 Å². The topological polar surface area (TPSA) is 176 Å². The van der Waals surface area contributed by atoms with Gasteiger partial charge in [-0.25, -0.2) is 9.59 Å². The van der Waals surface area contributed by atoms with E-state index in [4.69, 9.17) is 31.8 Å². The van der Waals surface area contributed by atoms with E-state index in [1.807, 2.05) is 24.3 Å². The Bertz CT molecular complexity index is 976. The molecule has 180 valence electrons. The molecule has 0 heterocycles. The third kappa shape index (κ3) is 7.97. The molecule has 0 unspecified atom stereocenters. The molecule has 0 fully saturated rings. The molecule has 0 aliphatic heterocycles. The summed E-state index contributed by atoms with van der Waals surface area (Å²) in [6, 6.07) is 14.5. The number of benzene rings is 2. The summed E-state index contributed by atoms with van der Waals surface area (Å²) in [5.74, 6) is -0.875. The Labute approximate surface area is 198 Å². The molecule has 0 aromatic heterocycles. The van der Waals surface area contributed by atoms with E-state index in [0.717, 1.165) is 35.1 Å². The lowest BCUT2D eigenvalue weighted by atomic mass is 9.91. The highest BCUT2D eigenvalue weighted by atomic mass is 16.5. The quantitative estimate of drug-likeness (QED) is 0.101. The van der Waals surface area contributed by atoms with E-state index in [0.29, 0.717) is 11.5 Å². The van der Waals surface area contributed by atoms with E-state index < -0.39 is 11.9 Å². The van der Waals surface area contributed by atoms with Gasteiger partial charge in [0.05, 0.1) is 0 Å². The lowest BCUT2D eigenvalue weighted by Gasteiger charge is -2.15. The number of rotatable bonds is 10. The molecule has 8 N–H and O–H groups in total. The van der Waals surface area contributed by atoms with E-state index in [2.05, 4.69) is 24.5 Å². The molecule has 0 aliphatic rings. The van der Waals surface area contributed by atoms with Crippen LogP contribution in [0.1, 0.15) is 37.8 Å². The summed E-state index contributed by atoms with van der Waals surface area (Å²) in [4.78, 5) is 23.6. The van der Waals surface area contributed by atoms with E-state index in [-0.39, 0.29) is 25.0 Å². The highest BCUT2D eigenvalue weighted by Gasteiger charge is 2.12. The Morgan fingerprint density at radius 2 is 1.03 bits per heavy atom. The molecule has 34 heavy (non-hydrogen) atoms. The molecular formula is C24H30N6O4. The first-order valence-corrected chi connectivity index (χ1v) is 10.7. The first kappa shape index (κ1) is 25.9. The van der Waals surface area contributed by atoms with Crippen molar-refractivity contribution in [2.24, 2.45) is 11.5 Å². The molecule has 2 rings (SSSR count). The number of hydrogen-bond donors (Lipinski definition) is 6. The lowest BCUT2D eigenvalue weighted by molar-refractivity contribution is -0.134. The maximum absolute atomic E-state index is 11.8. The summed E-state index contributed by atoms with van der Waals surface area (Å²) >= 11 is 0. The van der Waals surface area contributed by atoms with Gasteiger partial charge in [0, 0.05) is 0 Å². The second-order valence-corrected chi connectivity index (χ2v) is 7.20. The molecule has 0 aliphatic carbocycles. The third-order valence-electron chi connectivity index (χ3n) is 4.79. The van der Waals surface area contributed by atoms with Crippen molar-refractivity contribution in [2.45, 2.75) is 26.7 Å². The minimum Gasteiger partial charge on any atom is -0.425 e. The number of allylic oxidation sites excluding steroid dienone is 2. The van der Waals surface area contributed by atoms with Crippen molar-refractivity contribution in [1.29, 1.82) is 10.8 Å². The van der Waals surface area contributed by atoms with E-state index in [1.54, 1.807) is 24.3 Å². The number of carbonyl (C=O) groups is 2. The Morgan fingerprint density at radius 1 is 0.706 bits per heavy atom. The fourth-order valence-corrected chi connectivity index (χ4v) is 3.30. The second-order valence-electron chi connectivity index (χ2n) is 7.20. The Balaban J connectivity index is 2.16. The SMILES string of the molecule is CC/C(=C(/CC)c1ccc(OC(=O)CNC(=N)N)cc1)c1ccc(OC(=O)CNC(=N)N)cc1. The average molecular weight is 467 g/mol. The maximum Gasteiger partial charge on any atom is 0.330 e. The van der Waals surface area contributed by atoms with Crippen molar-refractivity contribution in [1.82, 2.24) is 10.6 Å². The Kier molecular flexibility index (Phi) is 9.63. The lowest BCUT2D eigenvalue weighted by Crippen LogP contribution is -2.36. The summed E-state index contributed by atoms with van der Waals surface area (Å²) in [6.45, 7) is 3.78. The molecule has 0 radical (unpaired) electrons. The molecule has 10 heteroatoms. The first-order valence-electron chi connectivity index (χ1n) is 10.7. The van der Waals surface area contributed by atoms with Gasteiger partial charge in [-0.1, -0.05) is 38.1 Å². The summed E-state index contributed by atoms with van der Waals surface area (Å²) in [6.07, 6.45) is 1.58. The Morgan fingerprint density at radius 3 is 1.29 bits per heavy atom. The highest BCUT2D eigenvalue weighted by molar-refractivity contribution is 5.91. The van der Waals surface area contributed by atoms with Crippen LogP contribution in [-0.4, -0.2) is 36.9 Å². The number of hydrogen-bond acceptors (Lipinski definition) is 6. The third-order valence-corrected chi connectivity index (χ3v) is 4.79. The number of nitrogens with two attached hydrogens (primary N) is 2. The molecule has 0 atom stereocenters. The largest absolute Gasteiger partial charge is 0.425 e. The molecule has 2 aromatic rings. The minimum atomic E-state index is -0.540. The zero-order valence-corrected chi connectivity index (χ0v) is 19.2. The molecule has 0 amide bonds. The molecule has 2 aromatic carbocycles. The van der Waals surface area contributed by atoms with Crippen LogP contribution in [0.25, 0.3) is 11.1 Å². The van der Waals surface area contributed by atoms with Gasteiger partial charge in [0.15, 0.2) is 11.9 Å². The van der Waals surface area contributed by atoms with Gasteiger partial charge in [-0.2, -0.15) is 0 Å². The van der Waals surface area contributed by atoms with Crippen LogP contribution in [0.4, 0.5) is 0 Å². The van der Waals surface area contributed by atoms with Gasteiger partial charge in [-0.15, -0.1) is 0 Å². The first-order chi connectivity index (χ1) is 16.2. The fraction of sp³-hybridized carbons (Fsp3) is 0.250. The monoisotopic (exact) mass is 466 g/mol. The van der Waals surface area contributed by atoms with Crippen molar-refractivity contribution < 1.29 is 19.1 Å². The number of esters is 2. The number of guanidine groups is 2. The van der Waals surface area contributed by atoms with Gasteiger partial charge in [-0.05, 0) is 59.4 Å². The van der Waals surface area contributed by atoms with Gasteiger partial charge in [0.1, 0.15) is 24.6 Å². The highest BCUT2D eigenvalue weighted by Crippen LogP contribution is 2.33. The number of ether oxygens (including phenoxy) is 2. The predicted molar refractivity (Wildman–Crippen MR) is 131 cm³/mol. The standard InChI is InChI=1S/C24H30N6O4/c1-3-19(15-5-9-17(10-6-15)33-21(31)13-29-23(25)26)20(4-2)16-7-11-18(12-8-16)34-22(32)14-30-24(27)28/h5-12H,3-4,13-14H2,1-2H3,(H4,25,26,29)(H4,27,28,30)/b20-19+. The van der Waals surface area contributed by atoms with Crippen LogP contribution in [0.3, 0.4) is 0 Å². The van der Waals surface area contributed by atoms with Crippen molar-refractivity contribution in [3.63, 3.8) is 0 Å². The van der Waals surface area contributed by atoms with Gasteiger partial charge >= 0.3 is 11.9 Å². The fourth-order valence-electron chi connectivity index (χ4n) is 3.30. The van der Waals surface area contributed by atoms with Gasteiger partial charge in [0.25, 0.3) is 0 Å². The summed E-state index contributed by atoms with van der Waals surface area (Å²) in [5.41, 5.74) is 14.6. The van der Waals surface area contributed by atoms with Gasteiger partial charge < -0.3 is 31.6 Å². The summed E-state index contributed by atoms with van der Waals surface area (Å²) < 4.78 is 10.5. The van der Waals surface area contributed by atoms with Gasteiger partial charge in [0.2, 0.25) is 0 Å². The smallest absolute Gasteiger partial charge is 0.330 e. The maximum atomic E-state index is 11.8. The van der Waals surface area contributed by atoms with Crippen LogP contribution in [0, 0.1) is 10.8 Å².